The van der Waals surface area contributed by atoms with Crippen LogP contribution in [0.25, 0.3) is 11.0 Å². The van der Waals surface area contributed by atoms with Crippen LogP contribution in [0.4, 0.5) is 11.8 Å². The zero-order valence-electron chi connectivity index (χ0n) is 11.2. The normalized spacial score (nSPS) is 12.9. The maximum Gasteiger partial charge on any atom is 0.226 e. The lowest BCUT2D eigenvalue weighted by Gasteiger charge is -2.20. The van der Waals surface area contributed by atoms with E-state index in [2.05, 4.69) is 56.7 Å². The summed E-state index contributed by atoms with van der Waals surface area (Å²) in [6, 6.07) is 0.417. The summed E-state index contributed by atoms with van der Waals surface area (Å²) in [6.45, 7) is 2.97. The van der Waals surface area contributed by atoms with Gasteiger partial charge in [0.1, 0.15) is 5.82 Å². The smallest absolute Gasteiger partial charge is 0.226 e. The highest BCUT2D eigenvalue weighted by molar-refractivity contribution is 5.86. The Labute approximate surface area is 106 Å². The summed E-state index contributed by atoms with van der Waals surface area (Å²) in [5, 5.41) is 14.0. The lowest BCUT2D eigenvalue weighted by atomic mass is 10.3. The fourth-order valence-electron chi connectivity index (χ4n) is 1.51. The van der Waals surface area contributed by atoms with Crippen molar-refractivity contribution < 1.29 is 0 Å². The van der Waals surface area contributed by atoms with E-state index in [1.807, 2.05) is 0 Å². The number of anilines is 2. The molecule has 0 saturated heterocycles. The summed E-state index contributed by atoms with van der Waals surface area (Å²) in [7, 11) is 5.90. The van der Waals surface area contributed by atoms with Gasteiger partial charge in [0.2, 0.25) is 5.95 Å². The molecule has 0 fully saturated rings. The Morgan fingerprint density at radius 2 is 2.17 bits per heavy atom. The zero-order chi connectivity index (χ0) is 13.1. The predicted octanol–water partition coefficient (Wildman–Crippen LogP) is 0.757. The Kier molecular flexibility index (Phi) is 3.61. The summed E-state index contributed by atoms with van der Waals surface area (Å²) < 4.78 is 0. The van der Waals surface area contributed by atoms with Gasteiger partial charge in [0, 0.05) is 19.6 Å². The van der Waals surface area contributed by atoms with Crippen molar-refractivity contribution in [2.24, 2.45) is 0 Å². The van der Waals surface area contributed by atoms with E-state index >= 15 is 0 Å². The second kappa shape index (κ2) is 5.18. The molecule has 0 bridgehead atoms. The summed E-state index contributed by atoms with van der Waals surface area (Å²) in [4.78, 5) is 10.8. The first-order chi connectivity index (χ1) is 8.61. The number of aromatic amines is 1. The molecule has 3 N–H and O–H groups in total. The molecule has 0 spiro atoms. The zero-order valence-corrected chi connectivity index (χ0v) is 11.2. The second-order valence-corrected chi connectivity index (χ2v) is 4.47. The highest BCUT2D eigenvalue weighted by atomic mass is 15.2. The van der Waals surface area contributed by atoms with Crippen LogP contribution >= 0.6 is 0 Å². The average Bonchev–Trinajstić information content (AvgIpc) is 2.83. The number of nitrogens with zero attached hydrogens (tertiary/aromatic N) is 4. The number of nitrogens with one attached hydrogen (secondary N) is 3. The van der Waals surface area contributed by atoms with Gasteiger partial charge in [-0.05, 0) is 21.0 Å². The molecule has 98 valence electrons. The van der Waals surface area contributed by atoms with Gasteiger partial charge in [-0.2, -0.15) is 15.1 Å². The van der Waals surface area contributed by atoms with E-state index in [9.17, 15) is 0 Å². The standard InChI is InChI=1S/C11H19N7/c1-7(18(3)4)5-13-9-8-6-14-17-10(8)16-11(12-2)15-9/h6-7H,5H2,1-4H3,(H3,12,13,14,15,16,17). The number of likely N-dealkylation sites (N-methyl/N-ethyl adjacent to an activating group) is 1. The summed E-state index contributed by atoms with van der Waals surface area (Å²) >= 11 is 0. The fraction of sp³-hybridized carbons (Fsp3) is 0.545. The Bertz CT molecular complexity index is 519. The topological polar surface area (TPSA) is 81.8 Å². The molecule has 0 aliphatic rings. The average molecular weight is 249 g/mol. The molecular weight excluding hydrogens is 230 g/mol. The minimum absolute atomic E-state index is 0.417. The number of hydrogen-bond acceptors (Lipinski definition) is 6. The van der Waals surface area contributed by atoms with Crippen LogP contribution in [0, 0.1) is 0 Å². The quantitative estimate of drug-likeness (QED) is 0.725. The van der Waals surface area contributed by atoms with Gasteiger partial charge in [-0.25, -0.2) is 0 Å². The van der Waals surface area contributed by atoms with E-state index in [-0.39, 0.29) is 0 Å². The maximum absolute atomic E-state index is 4.41. The van der Waals surface area contributed by atoms with Gasteiger partial charge in [0.05, 0.1) is 11.6 Å². The molecule has 0 aromatic carbocycles. The monoisotopic (exact) mass is 249 g/mol. The van der Waals surface area contributed by atoms with Gasteiger partial charge in [0.15, 0.2) is 5.65 Å². The van der Waals surface area contributed by atoms with E-state index in [4.69, 9.17) is 0 Å². The summed E-state index contributed by atoms with van der Waals surface area (Å²) in [5.41, 5.74) is 0.731. The molecular formula is C11H19N7. The molecule has 0 aliphatic carbocycles. The van der Waals surface area contributed by atoms with Crippen molar-refractivity contribution in [2.45, 2.75) is 13.0 Å². The molecule has 18 heavy (non-hydrogen) atoms. The first-order valence-corrected chi connectivity index (χ1v) is 5.91. The molecule has 1 unspecified atom stereocenters. The van der Waals surface area contributed by atoms with Crippen LogP contribution in [0.5, 0.6) is 0 Å². The van der Waals surface area contributed by atoms with Gasteiger partial charge in [0.25, 0.3) is 0 Å². The molecule has 0 amide bonds. The number of aromatic nitrogens is 4. The van der Waals surface area contributed by atoms with Crippen molar-refractivity contribution in [3.8, 4) is 0 Å². The molecule has 1 atom stereocenters. The lowest BCUT2D eigenvalue weighted by molar-refractivity contribution is 0.326. The van der Waals surface area contributed by atoms with Crippen molar-refractivity contribution >= 4 is 22.8 Å². The molecule has 0 saturated carbocycles. The molecule has 2 rings (SSSR count). The summed E-state index contributed by atoms with van der Waals surface area (Å²) in [6.07, 6.45) is 1.73. The molecule has 2 aromatic rings. The first-order valence-electron chi connectivity index (χ1n) is 5.91. The number of H-pyrrole nitrogens is 1. The number of hydrogen-bond donors (Lipinski definition) is 3. The van der Waals surface area contributed by atoms with Crippen LogP contribution in [0.15, 0.2) is 6.20 Å². The lowest BCUT2D eigenvalue weighted by Crippen LogP contribution is -2.31. The van der Waals surface area contributed by atoms with Crippen molar-refractivity contribution in [1.29, 1.82) is 0 Å². The van der Waals surface area contributed by atoms with Crippen molar-refractivity contribution in [3.05, 3.63) is 6.20 Å². The van der Waals surface area contributed by atoms with Gasteiger partial charge >= 0.3 is 0 Å². The van der Waals surface area contributed by atoms with Crippen LogP contribution in [0.3, 0.4) is 0 Å². The third-order valence-corrected chi connectivity index (χ3v) is 2.98. The summed E-state index contributed by atoms with van der Waals surface area (Å²) in [5.74, 6) is 1.37. The van der Waals surface area contributed by atoms with Crippen LogP contribution in [-0.2, 0) is 0 Å². The Hall–Kier alpha value is -1.89. The minimum atomic E-state index is 0.417. The predicted molar refractivity (Wildman–Crippen MR) is 72.9 cm³/mol. The Morgan fingerprint density at radius 1 is 1.39 bits per heavy atom. The van der Waals surface area contributed by atoms with Crippen molar-refractivity contribution in [2.75, 3.05) is 38.3 Å². The van der Waals surface area contributed by atoms with Gasteiger partial charge in [-0.15, -0.1) is 0 Å². The van der Waals surface area contributed by atoms with E-state index in [1.54, 1.807) is 13.2 Å². The highest BCUT2D eigenvalue weighted by Gasteiger charge is 2.10. The van der Waals surface area contributed by atoms with Crippen molar-refractivity contribution in [1.82, 2.24) is 25.1 Å². The van der Waals surface area contributed by atoms with Crippen molar-refractivity contribution in [3.63, 3.8) is 0 Å². The molecule has 0 radical (unpaired) electrons. The third-order valence-electron chi connectivity index (χ3n) is 2.98. The van der Waals surface area contributed by atoms with Gasteiger partial charge in [-0.3, -0.25) is 5.10 Å². The minimum Gasteiger partial charge on any atom is -0.368 e. The highest BCUT2D eigenvalue weighted by Crippen LogP contribution is 2.19. The van der Waals surface area contributed by atoms with Crippen LogP contribution in [-0.4, -0.2) is 58.8 Å². The van der Waals surface area contributed by atoms with Gasteiger partial charge in [-0.1, -0.05) is 0 Å². The molecule has 0 aliphatic heterocycles. The maximum atomic E-state index is 4.41. The molecule has 7 heteroatoms. The SMILES string of the molecule is CNc1nc(NCC(C)N(C)C)c2cn[nH]c2n1. The molecule has 7 nitrogen and oxygen atoms in total. The van der Waals surface area contributed by atoms with Crippen LogP contribution < -0.4 is 10.6 Å². The van der Waals surface area contributed by atoms with Gasteiger partial charge < -0.3 is 15.5 Å². The van der Waals surface area contributed by atoms with Crippen LogP contribution in [0.2, 0.25) is 0 Å². The second-order valence-electron chi connectivity index (χ2n) is 4.47. The Morgan fingerprint density at radius 3 is 2.83 bits per heavy atom. The largest absolute Gasteiger partial charge is 0.368 e. The van der Waals surface area contributed by atoms with E-state index in [0.29, 0.717) is 12.0 Å². The van der Waals surface area contributed by atoms with E-state index in [1.165, 1.54) is 0 Å². The third kappa shape index (κ3) is 2.51. The fourth-order valence-corrected chi connectivity index (χ4v) is 1.51. The van der Waals surface area contributed by atoms with E-state index in [0.717, 1.165) is 23.4 Å². The number of rotatable bonds is 5. The molecule has 2 heterocycles. The van der Waals surface area contributed by atoms with Crippen LogP contribution in [0.1, 0.15) is 6.92 Å². The number of fused-ring (bicyclic) bond motifs is 1. The van der Waals surface area contributed by atoms with E-state index < -0.39 is 0 Å². The molecule has 2 aromatic heterocycles. The first kappa shape index (κ1) is 12.6. The Balaban J connectivity index is 2.23.